The first-order chi connectivity index (χ1) is 11.9. The van der Waals surface area contributed by atoms with Crippen LogP contribution in [0.3, 0.4) is 0 Å². The lowest BCUT2D eigenvalue weighted by Crippen LogP contribution is -2.13. The lowest BCUT2D eigenvalue weighted by atomic mass is 10.2. The summed E-state index contributed by atoms with van der Waals surface area (Å²) in [6.45, 7) is 1.99. The van der Waals surface area contributed by atoms with E-state index >= 15 is 0 Å². The van der Waals surface area contributed by atoms with Crippen molar-refractivity contribution in [1.29, 1.82) is 0 Å². The monoisotopic (exact) mass is 377 g/mol. The summed E-state index contributed by atoms with van der Waals surface area (Å²) in [5.41, 5.74) is 1.59. The molecule has 4 nitrogen and oxygen atoms in total. The molecule has 1 amide bonds. The minimum Gasteiger partial charge on any atom is -0.305 e. The molecule has 7 heteroatoms. The molecule has 0 aliphatic carbocycles. The van der Waals surface area contributed by atoms with Crippen molar-refractivity contribution in [2.75, 3.05) is 5.32 Å². The van der Waals surface area contributed by atoms with Crippen LogP contribution in [0, 0.1) is 12.7 Å². The van der Waals surface area contributed by atoms with E-state index in [1.165, 1.54) is 6.07 Å². The number of carbonyl (C=O) groups excluding carboxylic acids is 1. The van der Waals surface area contributed by atoms with Gasteiger partial charge in [-0.05, 0) is 43.3 Å². The molecule has 0 bridgehead atoms. The van der Waals surface area contributed by atoms with Gasteiger partial charge in [0.2, 0.25) is 0 Å². The largest absolute Gasteiger partial charge is 0.305 e. The molecule has 0 aliphatic heterocycles. The summed E-state index contributed by atoms with van der Waals surface area (Å²) >= 11 is 11.9. The third-order valence-electron chi connectivity index (χ3n) is 3.70. The predicted molar refractivity (Wildman–Crippen MR) is 96.9 cm³/mol. The third kappa shape index (κ3) is 4.00. The Kier molecular flexibility index (Phi) is 5.06. The van der Waals surface area contributed by atoms with Crippen LogP contribution in [-0.4, -0.2) is 15.7 Å². The van der Waals surface area contributed by atoms with Crippen LogP contribution in [0.1, 0.15) is 21.6 Å². The van der Waals surface area contributed by atoms with Gasteiger partial charge in [-0.15, -0.1) is 0 Å². The third-order valence-corrected chi connectivity index (χ3v) is 4.30. The van der Waals surface area contributed by atoms with Crippen LogP contribution in [0.25, 0.3) is 0 Å². The van der Waals surface area contributed by atoms with Gasteiger partial charge in [0.1, 0.15) is 5.82 Å². The number of carbonyl (C=O) groups is 1. The van der Waals surface area contributed by atoms with E-state index in [0.717, 1.165) is 5.69 Å². The highest BCUT2D eigenvalue weighted by atomic mass is 35.5. The van der Waals surface area contributed by atoms with Gasteiger partial charge in [-0.1, -0.05) is 29.3 Å². The summed E-state index contributed by atoms with van der Waals surface area (Å²) in [7, 11) is 0. The number of hydrogen-bond donors (Lipinski definition) is 1. The van der Waals surface area contributed by atoms with Gasteiger partial charge in [0.05, 0.1) is 6.54 Å². The highest BCUT2D eigenvalue weighted by Gasteiger charge is 2.13. The quantitative estimate of drug-likeness (QED) is 0.699. The first-order valence-corrected chi connectivity index (χ1v) is 8.24. The number of hydrogen-bond acceptors (Lipinski definition) is 2. The number of rotatable bonds is 4. The molecule has 2 aromatic carbocycles. The molecule has 0 atom stereocenters. The van der Waals surface area contributed by atoms with Crippen molar-refractivity contribution in [2.24, 2.45) is 0 Å². The highest BCUT2D eigenvalue weighted by molar-refractivity contribution is 6.31. The Morgan fingerprint density at radius 3 is 2.60 bits per heavy atom. The van der Waals surface area contributed by atoms with Gasteiger partial charge in [-0.25, -0.2) is 4.39 Å². The van der Waals surface area contributed by atoms with Crippen molar-refractivity contribution in [2.45, 2.75) is 13.5 Å². The van der Waals surface area contributed by atoms with Crippen molar-refractivity contribution in [3.8, 4) is 0 Å². The molecule has 0 saturated carbocycles. The highest BCUT2D eigenvalue weighted by Crippen LogP contribution is 2.21. The first-order valence-electron chi connectivity index (χ1n) is 7.48. The summed E-state index contributed by atoms with van der Waals surface area (Å²) in [5.74, 6) is -0.315. The maximum atomic E-state index is 13.9. The van der Waals surface area contributed by atoms with E-state index in [0.29, 0.717) is 27.0 Å². The molecule has 0 saturated heterocycles. The summed E-state index contributed by atoms with van der Waals surface area (Å²) in [6.07, 6.45) is 0. The van der Waals surface area contributed by atoms with Crippen LogP contribution in [0.5, 0.6) is 0 Å². The van der Waals surface area contributed by atoms with Crippen LogP contribution in [-0.2, 0) is 6.54 Å². The molecule has 0 radical (unpaired) electrons. The Balaban J connectivity index is 1.78. The van der Waals surface area contributed by atoms with Crippen LogP contribution < -0.4 is 5.32 Å². The van der Waals surface area contributed by atoms with E-state index in [4.69, 9.17) is 23.2 Å². The Morgan fingerprint density at radius 2 is 1.92 bits per heavy atom. The number of nitrogens with zero attached hydrogens (tertiary/aromatic N) is 2. The molecule has 0 fully saturated rings. The van der Waals surface area contributed by atoms with E-state index in [1.54, 1.807) is 47.1 Å². The van der Waals surface area contributed by atoms with Gasteiger partial charge >= 0.3 is 0 Å². The number of benzene rings is 2. The zero-order valence-electron chi connectivity index (χ0n) is 13.3. The normalized spacial score (nSPS) is 10.7. The van der Waals surface area contributed by atoms with Crippen LogP contribution in [0.15, 0.2) is 48.5 Å². The molecular weight excluding hydrogens is 364 g/mol. The maximum absolute atomic E-state index is 13.9. The summed E-state index contributed by atoms with van der Waals surface area (Å²) in [4.78, 5) is 12.2. The number of aryl methyl sites for hydroxylation is 1. The van der Waals surface area contributed by atoms with Crippen molar-refractivity contribution in [3.63, 3.8) is 0 Å². The van der Waals surface area contributed by atoms with Crippen LogP contribution in [0.4, 0.5) is 10.2 Å². The first kappa shape index (κ1) is 17.5. The predicted octanol–water partition coefficient (Wildman–Crippen LogP) is 4.94. The summed E-state index contributed by atoms with van der Waals surface area (Å²) in [5, 5.41) is 7.91. The van der Waals surface area contributed by atoms with Crippen LogP contribution >= 0.6 is 23.2 Å². The fourth-order valence-electron chi connectivity index (χ4n) is 2.35. The number of nitrogens with one attached hydrogen (secondary N) is 1. The van der Waals surface area contributed by atoms with Gasteiger partial charge in [0, 0.05) is 32.9 Å². The summed E-state index contributed by atoms with van der Waals surface area (Å²) in [6, 6.07) is 12.8. The molecule has 1 N–H and O–H groups in total. The average molecular weight is 378 g/mol. The molecule has 0 aliphatic rings. The van der Waals surface area contributed by atoms with Gasteiger partial charge in [0.25, 0.3) is 5.91 Å². The number of aromatic nitrogens is 2. The standard InChI is InChI=1S/C18H14Cl2FN3O/c1-11-9-17(22-18(25)12-5-7-13(19)8-6-12)23-24(11)10-14-15(20)3-2-4-16(14)21/h2-9H,10H2,1H3,(H,22,23,25). The Bertz CT molecular complexity index is 902. The zero-order chi connectivity index (χ0) is 18.0. The molecule has 128 valence electrons. The zero-order valence-corrected chi connectivity index (χ0v) is 14.8. The van der Waals surface area contributed by atoms with Gasteiger partial charge in [0.15, 0.2) is 5.82 Å². The van der Waals surface area contributed by atoms with Crippen molar-refractivity contribution in [1.82, 2.24) is 9.78 Å². The molecular formula is C18H14Cl2FN3O. The number of anilines is 1. The Morgan fingerprint density at radius 1 is 1.20 bits per heavy atom. The Hall–Kier alpha value is -2.37. The van der Waals surface area contributed by atoms with Gasteiger partial charge in [-0.3, -0.25) is 9.48 Å². The molecule has 0 unspecified atom stereocenters. The average Bonchev–Trinajstić information content (AvgIpc) is 2.91. The Labute approximate surface area is 154 Å². The van der Waals surface area contributed by atoms with E-state index in [9.17, 15) is 9.18 Å². The molecule has 25 heavy (non-hydrogen) atoms. The minimum atomic E-state index is -0.394. The molecule has 0 spiro atoms. The van der Waals surface area contributed by atoms with Crippen molar-refractivity contribution >= 4 is 34.9 Å². The molecule has 3 aromatic rings. The molecule has 3 rings (SSSR count). The minimum absolute atomic E-state index is 0.175. The van der Waals surface area contributed by atoms with Crippen LogP contribution in [0.2, 0.25) is 10.0 Å². The second-order valence-corrected chi connectivity index (χ2v) is 6.33. The van der Waals surface area contributed by atoms with Crippen molar-refractivity contribution < 1.29 is 9.18 Å². The fourth-order valence-corrected chi connectivity index (χ4v) is 2.70. The van der Waals surface area contributed by atoms with E-state index < -0.39 is 5.82 Å². The number of halogens is 3. The molecule has 1 aromatic heterocycles. The van der Waals surface area contributed by atoms with E-state index in [1.807, 2.05) is 6.92 Å². The van der Waals surface area contributed by atoms with E-state index in [2.05, 4.69) is 10.4 Å². The maximum Gasteiger partial charge on any atom is 0.256 e. The smallest absolute Gasteiger partial charge is 0.256 e. The SMILES string of the molecule is Cc1cc(NC(=O)c2ccc(Cl)cc2)nn1Cc1c(F)cccc1Cl. The van der Waals surface area contributed by atoms with Gasteiger partial charge in [-0.2, -0.15) is 5.10 Å². The van der Waals surface area contributed by atoms with Gasteiger partial charge < -0.3 is 5.32 Å². The number of amides is 1. The van der Waals surface area contributed by atoms with E-state index in [-0.39, 0.29) is 12.5 Å². The summed E-state index contributed by atoms with van der Waals surface area (Å²) < 4.78 is 15.5. The molecule has 1 heterocycles. The second kappa shape index (κ2) is 7.25. The lowest BCUT2D eigenvalue weighted by molar-refractivity contribution is 0.102. The fraction of sp³-hybridized carbons (Fsp3) is 0.111. The van der Waals surface area contributed by atoms with Crippen molar-refractivity contribution in [3.05, 3.63) is 81.2 Å². The second-order valence-electron chi connectivity index (χ2n) is 5.49. The lowest BCUT2D eigenvalue weighted by Gasteiger charge is -2.07. The topological polar surface area (TPSA) is 46.9 Å².